The average molecular weight is 461 g/mol. The molecule has 1 N–H and O–H groups in total. The second kappa shape index (κ2) is 9.82. The van der Waals surface area contributed by atoms with Crippen LogP contribution >= 0.6 is 0 Å². The molecular weight excluding hydrogens is 432 g/mol. The quantitative estimate of drug-likeness (QED) is 0.405. The van der Waals surface area contributed by atoms with Gasteiger partial charge in [0.15, 0.2) is 5.65 Å². The number of aryl methyl sites for hydroxylation is 1. The van der Waals surface area contributed by atoms with Crippen molar-refractivity contribution in [1.29, 1.82) is 0 Å². The summed E-state index contributed by atoms with van der Waals surface area (Å²) in [6, 6.07) is 13.0. The van der Waals surface area contributed by atoms with Crippen molar-refractivity contribution in [3.05, 3.63) is 71.5 Å². The Bertz CT molecular complexity index is 1330. The number of rotatable bonds is 8. The van der Waals surface area contributed by atoms with Gasteiger partial charge < -0.3 is 19.5 Å². The van der Waals surface area contributed by atoms with E-state index in [2.05, 4.69) is 15.4 Å². The van der Waals surface area contributed by atoms with Crippen LogP contribution in [0.4, 0.5) is 5.69 Å². The lowest BCUT2D eigenvalue weighted by Crippen LogP contribution is -2.13. The lowest BCUT2D eigenvalue weighted by Gasteiger charge is -2.13. The number of benzene rings is 2. The van der Waals surface area contributed by atoms with Gasteiger partial charge in [-0.05, 0) is 62.7 Å². The van der Waals surface area contributed by atoms with Gasteiger partial charge in [-0.3, -0.25) is 4.79 Å². The fourth-order valence-corrected chi connectivity index (χ4v) is 3.67. The van der Waals surface area contributed by atoms with E-state index in [1.807, 2.05) is 57.2 Å². The zero-order chi connectivity index (χ0) is 24.2. The molecule has 0 fully saturated rings. The van der Waals surface area contributed by atoms with Crippen molar-refractivity contribution >= 4 is 22.6 Å². The number of methoxy groups -OCH3 is 2. The molecule has 0 bridgehead atoms. The van der Waals surface area contributed by atoms with Gasteiger partial charge in [0.2, 0.25) is 0 Å². The van der Waals surface area contributed by atoms with Crippen molar-refractivity contribution in [2.24, 2.45) is 0 Å². The van der Waals surface area contributed by atoms with Gasteiger partial charge in [0.25, 0.3) is 5.91 Å². The maximum atomic E-state index is 12.9. The van der Waals surface area contributed by atoms with Crippen LogP contribution < -0.4 is 19.5 Å². The Labute approximate surface area is 198 Å². The molecule has 8 heteroatoms. The second-order valence-electron chi connectivity index (χ2n) is 8.21. The molecule has 0 spiro atoms. The molecule has 1 amide bonds. The van der Waals surface area contributed by atoms with E-state index in [1.54, 1.807) is 37.4 Å². The Kier molecular flexibility index (Phi) is 6.67. The summed E-state index contributed by atoms with van der Waals surface area (Å²) in [6.07, 6.45) is 3.36. The smallest absolute Gasteiger partial charge is 0.257 e. The van der Waals surface area contributed by atoms with Gasteiger partial charge in [-0.15, -0.1) is 0 Å². The van der Waals surface area contributed by atoms with Crippen LogP contribution in [0, 0.1) is 6.92 Å². The predicted octanol–water partition coefficient (Wildman–Crippen LogP) is 4.84. The van der Waals surface area contributed by atoms with Gasteiger partial charge in [0.1, 0.15) is 17.2 Å². The number of hydrogen-bond acceptors (Lipinski definition) is 6. The molecule has 34 heavy (non-hydrogen) atoms. The topological polar surface area (TPSA) is 87.5 Å². The first-order valence-electron chi connectivity index (χ1n) is 11.0. The maximum absolute atomic E-state index is 12.9. The number of ether oxygens (including phenoxy) is 3. The van der Waals surface area contributed by atoms with E-state index in [1.165, 1.54) is 0 Å². The third-order valence-electron chi connectivity index (χ3n) is 5.37. The van der Waals surface area contributed by atoms with Gasteiger partial charge in [-0.1, -0.05) is 0 Å². The minimum absolute atomic E-state index is 0.0874. The Morgan fingerprint density at radius 1 is 1.03 bits per heavy atom. The third kappa shape index (κ3) is 4.96. The number of anilines is 1. The van der Waals surface area contributed by atoms with Crippen LogP contribution in [-0.4, -0.2) is 41.0 Å². The highest BCUT2D eigenvalue weighted by atomic mass is 16.5. The summed E-state index contributed by atoms with van der Waals surface area (Å²) < 4.78 is 18.2. The van der Waals surface area contributed by atoms with Crippen molar-refractivity contribution in [3.63, 3.8) is 0 Å². The zero-order valence-corrected chi connectivity index (χ0v) is 20.0. The molecule has 4 rings (SSSR count). The summed E-state index contributed by atoms with van der Waals surface area (Å²) in [5.41, 5.74) is 3.72. The number of carbonyl (C=O) groups excluding carboxylic acids is 1. The third-order valence-corrected chi connectivity index (χ3v) is 5.37. The average Bonchev–Trinajstić information content (AvgIpc) is 3.22. The fourth-order valence-electron chi connectivity index (χ4n) is 3.67. The SMILES string of the molecule is COc1ccc(Cn2ncc3cc(C(=O)Nc4ccc(OC(C)C)cc4C)cnc32)c(OC)c1. The second-order valence-corrected chi connectivity index (χ2v) is 8.21. The van der Waals surface area contributed by atoms with Crippen LogP contribution in [0.25, 0.3) is 11.0 Å². The summed E-state index contributed by atoms with van der Waals surface area (Å²) in [4.78, 5) is 17.4. The summed E-state index contributed by atoms with van der Waals surface area (Å²) >= 11 is 0. The molecule has 0 aliphatic heterocycles. The summed E-state index contributed by atoms with van der Waals surface area (Å²) in [7, 11) is 3.24. The van der Waals surface area contributed by atoms with E-state index >= 15 is 0 Å². The Hall–Kier alpha value is -4.07. The van der Waals surface area contributed by atoms with Crippen molar-refractivity contribution in [1.82, 2.24) is 14.8 Å². The fraction of sp³-hybridized carbons (Fsp3) is 0.269. The van der Waals surface area contributed by atoms with E-state index in [-0.39, 0.29) is 12.0 Å². The van der Waals surface area contributed by atoms with E-state index in [0.717, 1.165) is 33.7 Å². The molecule has 0 unspecified atom stereocenters. The largest absolute Gasteiger partial charge is 0.497 e. The Morgan fingerprint density at radius 2 is 1.82 bits per heavy atom. The Morgan fingerprint density at radius 3 is 2.53 bits per heavy atom. The predicted molar refractivity (Wildman–Crippen MR) is 131 cm³/mol. The molecule has 176 valence electrons. The lowest BCUT2D eigenvalue weighted by molar-refractivity contribution is 0.102. The highest BCUT2D eigenvalue weighted by Crippen LogP contribution is 2.27. The van der Waals surface area contributed by atoms with Crippen molar-refractivity contribution in [2.75, 3.05) is 19.5 Å². The molecule has 0 atom stereocenters. The van der Waals surface area contributed by atoms with Gasteiger partial charge in [-0.25, -0.2) is 9.67 Å². The summed E-state index contributed by atoms with van der Waals surface area (Å²) in [5, 5.41) is 8.19. The first-order chi connectivity index (χ1) is 16.4. The minimum Gasteiger partial charge on any atom is -0.497 e. The van der Waals surface area contributed by atoms with E-state index in [0.29, 0.717) is 23.5 Å². The monoisotopic (exact) mass is 460 g/mol. The normalized spacial score (nSPS) is 11.0. The van der Waals surface area contributed by atoms with Crippen molar-refractivity contribution < 1.29 is 19.0 Å². The molecule has 8 nitrogen and oxygen atoms in total. The van der Waals surface area contributed by atoms with E-state index in [4.69, 9.17) is 14.2 Å². The van der Waals surface area contributed by atoms with Crippen LogP contribution in [-0.2, 0) is 6.54 Å². The highest BCUT2D eigenvalue weighted by Gasteiger charge is 2.14. The number of nitrogens with zero attached hydrogens (tertiary/aromatic N) is 3. The molecule has 2 heterocycles. The molecular formula is C26H28N4O4. The highest BCUT2D eigenvalue weighted by molar-refractivity contribution is 6.06. The number of nitrogens with one attached hydrogen (secondary N) is 1. The number of amides is 1. The van der Waals surface area contributed by atoms with Crippen molar-refractivity contribution in [3.8, 4) is 17.2 Å². The van der Waals surface area contributed by atoms with Gasteiger partial charge in [0.05, 0.1) is 38.6 Å². The number of aromatic nitrogens is 3. The number of fused-ring (bicyclic) bond motifs is 1. The van der Waals surface area contributed by atoms with Crippen LogP contribution in [0.15, 0.2) is 54.9 Å². The molecule has 0 aliphatic rings. The molecule has 0 saturated carbocycles. The van der Waals surface area contributed by atoms with Gasteiger partial charge in [0, 0.05) is 28.9 Å². The number of hydrogen-bond donors (Lipinski definition) is 1. The molecule has 0 aliphatic carbocycles. The van der Waals surface area contributed by atoms with Gasteiger partial charge >= 0.3 is 0 Å². The lowest BCUT2D eigenvalue weighted by atomic mass is 10.1. The molecule has 0 radical (unpaired) electrons. The van der Waals surface area contributed by atoms with Crippen LogP contribution in [0.3, 0.4) is 0 Å². The molecule has 2 aromatic heterocycles. The Balaban J connectivity index is 1.52. The first-order valence-corrected chi connectivity index (χ1v) is 11.0. The first kappa shape index (κ1) is 23.1. The summed E-state index contributed by atoms with van der Waals surface area (Å²) in [6.45, 7) is 6.36. The molecule has 0 saturated heterocycles. The zero-order valence-electron chi connectivity index (χ0n) is 20.0. The van der Waals surface area contributed by atoms with E-state index in [9.17, 15) is 4.79 Å². The van der Waals surface area contributed by atoms with Crippen LogP contribution in [0.2, 0.25) is 0 Å². The number of carbonyl (C=O) groups is 1. The van der Waals surface area contributed by atoms with Gasteiger partial charge in [-0.2, -0.15) is 5.10 Å². The summed E-state index contributed by atoms with van der Waals surface area (Å²) in [5.74, 6) is 1.96. The maximum Gasteiger partial charge on any atom is 0.257 e. The standard InChI is InChI=1S/C26H28N4O4/c1-16(2)34-22-8-9-23(17(3)10-22)29-26(31)20-11-19-14-28-30(25(19)27-13-20)15-18-6-7-21(32-4)12-24(18)33-5/h6-14,16H,15H2,1-5H3,(H,29,31). The number of pyridine rings is 1. The molecule has 2 aromatic carbocycles. The van der Waals surface area contributed by atoms with Crippen LogP contribution in [0.1, 0.15) is 35.3 Å². The van der Waals surface area contributed by atoms with Crippen LogP contribution in [0.5, 0.6) is 17.2 Å². The molecule has 4 aromatic rings. The van der Waals surface area contributed by atoms with Crippen molar-refractivity contribution in [2.45, 2.75) is 33.4 Å². The minimum atomic E-state index is -0.236. The van der Waals surface area contributed by atoms with E-state index < -0.39 is 0 Å².